The van der Waals surface area contributed by atoms with Gasteiger partial charge < -0.3 is 14.2 Å². The molecule has 1 unspecified atom stereocenters. The van der Waals surface area contributed by atoms with E-state index in [4.69, 9.17) is 4.74 Å². The molecule has 174 valence electrons. The van der Waals surface area contributed by atoms with Gasteiger partial charge in [0.15, 0.2) is 11.3 Å². The predicted octanol–water partition coefficient (Wildman–Crippen LogP) is 5.98. The Kier molecular flexibility index (Phi) is 5.43. The summed E-state index contributed by atoms with van der Waals surface area (Å²) in [6.45, 7) is 13.4. The topological polar surface area (TPSA) is 47.4 Å². The number of pyridine rings is 1. The van der Waals surface area contributed by atoms with E-state index in [1.807, 2.05) is 12.1 Å². The molecule has 0 fully saturated rings. The minimum absolute atomic E-state index is 0.379. The average Bonchev–Trinajstić information content (AvgIpc) is 3.31. The van der Waals surface area contributed by atoms with Crippen molar-refractivity contribution in [2.45, 2.75) is 46.8 Å². The summed E-state index contributed by atoms with van der Waals surface area (Å²) in [5, 5.41) is 1.10. The molecule has 5 rings (SSSR count). The van der Waals surface area contributed by atoms with Crippen LogP contribution in [0.15, 0.2) is 60.8 Å². The summed E-state index contributed by atoms with van der Waals surface area (Å²) in [4.78, 5) is 20.0. The molecule has 2 aromatic carbocycles. The summed E-state index contributed by atoms with van der Waals surface area (Å²) in [5.41, 5.74) is 6.63. The van der Waals surface area contributed by atoms with Crippen molar-refractivity contribution in [3.63, 3.8) is 0 Å². The van der Waals surface area contributed by atoms with E-state index in [0.717, 1.165) is 58.5 Å². The Morgan fingerprint density at radius 3 is 2.44 bits per heavy atom. The highest BCUT2D eigenvalue weighted by Gasteiger charge is 2.52. The van der Waals surface area contributed by atoms with Gasteiger partial charge in [-0.15, -0.1) is 0 Å². The third-order valence-electron chi connectivity index (χ3n) is 7.24. The molecule has 0 aliphatic carbocycles. The lowest BCUT2D eigenvalue weighted by atomic mass is 9.77. The number of hydrogen-bond acceptors (Lipinski definition) is 4. The summed E-state index contributed by atoms with van der Waals surface area (Å²) in [6, 6.07) is 18.8. The van der Waals surface area contributed by atoms with Gasteiger partial charge in [0.2, 0.25) is 0 Å². The van der Waals surface area contributed by atoms with Crippen molar-refractivity contribution in [3.8, 4) is 0 Å². The molecular weight excluding hydrogens is 422 g/mol. The van der Waals surface area contributed by atoms with Gasteiger partial charge >= 0.3 is 5.97 Å². The van der Waals surface area contributed by atoms with Crippen LogP contribution in [-0.4, -0.2) is 28.6 Å². The second kappa shape index (κ2) is 8.32. The lowest BCUT2D eigenvalue weighted by Crippen LogP contribution is -2.32. The number of para-hydroxylation sites is 1. The summed E-state index contributed by atoms with van der Waals surface area (Å²) in [5.74, 6) is -0.379. The Labute approximate surface area is 201 Å². The molecule has 1 aliphatic rings. The van der Waals surface area contributed by atoms with E-state index in [-0.39, 0.29) is 5.97 Å². The van der Waals surface area contributed by atoms with Crippen LogP contribution in [0.1, 0.15) is 59.2 Å². The number of anilines is 1. The number of ether oxygens (including phenoxy) is 1. The van der Waals surface area contributed by atoms with E-state index < -0.39 is 5.60 Å². The monoisotopic (exact) mass is 453 g/mol. The van der Waals surface area contributed by atoms with Crippen molar-refractivity contribution in [1.29, 1.82) is 0 Å². The third kappa shape index (κ3) is 2.99. The molecule has 0 spiro atoms. The minimum atomic E-state index is -1.06. The number of fused-ring (bicyclic) bond motifs is 2. The first kappa shape index (κ1) is 22.2. The van der Waals surface area contributed by atoms with Crippen LogP contribution in [0.2, 0.25) is 0 Å². The van der Waals surface area contributed by atoms with Crippen LogP contribution in [0, 0.1) is 13.8 Å². The van der Waals surface area contributed by atoms with Crippen molar-refractivity contribution >= 4 is 22.6 Å². The van der Waals surface area contributed by atoms with Crippen molar-refractivity contribution in [2.75, 3.05) is 18.0 Å². The van der Waals surface area contributed by atoms with Crippen molar-refractivity contribution in [2.24, 2.45) is 0 Å². The molecule has 0 radical (unpaired) electrons. The molecule has 0 saturated carbocycles. The zero-order valence-electron chi connectivity index (χ0n) is 20.6. The number of benzene rings is 2. The lowest BCUT2D eigenvalue weighted by molar-refractivity contribution is 0.0249. The maximum Gasteiger partial charge on any atom is 0.358 e. The lowest BCUT2D eigenvalue weighted by Gasteiger charge is -2.33. The van der Waals surface area contributed by atoms with Crippen LogP contribution in [0.25, 0.3) is 10.9 Å². The number of carbonyl (C=O) groups excluding carboxylic acids is 1. The number of hydrogen-bond donors (Lipinski definition) is 0. The third-order valence-corrected chi connectivity index (χ3v) is 7.24. The van der Waals surface area contributed by atoms with Gasteiger partial charge in [0.25, 0.3) is 0 Å². The fraction of sp³-hybridized carbons (Fsp3) is 0.310. The molecule has 0 saturated heterocycles. The van der Waals surface area contributed by atoms with Gasteiger partial charge in [-0.2, -0.15) is 0 Å². The van der Waals surface area contributed by atoms with E-state index in [9.17, 15) is 4.79 Å². The SMILES string of the molecule is CCN(CC)c1ccc(C2(c3c(C)n(CC)c4ccccc34)OC(=O)c3ncccc32)c(C)c1. The van der Waals surface area contributed by atoms with Crippen LogP contribution in [-0.2, 0) is 16.9 Å². The first-order chi connectivity index (χ1) is 16.5. The van der Waals surface area contributed by atoms with Gasteiger partial charge in [0.05, 0.1) is 0 Å². The second-order valence-electron chi connectivity index (χ2n) is 8.86. The molecule has 0 amide bonds. The largest absolute Gasteiger partial charge is 0.439 e. The summed E-state index contributed by atoms with van der Waals surface area (Å²) >= 11 is 0. The highest BCUT2D eigenvalue weighted by molar-refractivity contribution is 5.97. The Hall–Kier alpha value is -3.60. The zero-order valence-corrected chi connectivity index (χ0v) is 20.6. The highest BCUT2D eigenvalue weighted by atomic mass is 16.6. The summed E-state index contributed by atoms with van der Waals surface area (Å²) < 4.78 is 8.74. The molecule has 1 aliphatic heterocycles. The Morgan fingerprint density at radius 2 is 1.74 bits per heavy atom. The van der Waals surface area contributed by atoms with E-state index in [0.29, 0.717) is 5.69 Å². The number of nitrogens with zero attached hydrogens (tertiary/aromatic N) is 3. The zero-order chi connectivity index (χ0) is 24.0. The maximum atomic E-state index is 13.2. The smallest absolute Gasteiger partial charge is 0.358 e. The van der Waals surface area contributed by atoms with Gasteiger partial charge in [-0.1, -0.05) is 30.3 Å². The molecule has 4 aromatic rings. The molecular formula is C29H31N3O2. The first-order valence-corrected chi connectivity index (χ1v) is 12.1. The van der Waals surface area contributed by atoms with E-state index in [2.05, 4.69) is 91.5 Å². The van der Waals surface area contributed by atoms with Gasteiger partial charge in [0.1, 0.15) is 0 Å². The van der Waals surface area contributed by atoms with Crippen LogP contribution < -0.4 is 4.90 Å². The number of aromatic nitrogens is 2. The molecule has 3 heterocycles. The maximum absolute atomic E-state index is 13.2. The highest BCUT2D eigenvalue weighted by Crippen LogP contribution is 2.51. The first-order valence-electron chi connectivity index (χ1n) is 12.1. The number of aryl methyl sites for hydroxylation is 2. The fourth-order valence-corrected chi connectivity index (χ4v) is 5.73. The van der Waals surface area contributed by atoms with Gasteiger partial charge in [-0.3, -0.25) is 0 Å². The normalized spacial score (nSPS) is 17.1. The number of esters is 1. The Bertz CT molecular complexity index is 1400. The van der Waals surface area contributed by atoms with E-state index >= 15 is 0 Å². The summed E-state index contributed by atoms with van der Waals surface area (Å²) in [7, 11) is 0. The average molecular weight is 454 g/mol. The quantitative estimate of drug-likeness (QED) is 0.337. The summed E-state index contributed by atoms with van der Waals surface area (Å²) in [6.07, 6.45) is 1.66. The molecule has 0 bridgehead atoms. The molecule has 34 heavy (non-hydrogen) atoms. The van der Waals surface area contributed by atoms with Gasteiger partial charge in [0, 0.05) is 64.8 Å². The number of carbonyl (C=O) groups is 1. The van der Waals surface area contributed by atoms with Crippen LogP contribution >= 0.6 is 0 Å². The minimum Gasteiger partial charge on any atom is -0.439 e. The van der Waals surface area contributed by atoms with Gasteiger partial charge in [-0.05, 0) is 64.4 Å². The molecule has 1 atom stereocenters. The molecule has 5 nitrogen and oxygen atoms in total. The van der Waals surface area contributed by atoms with Crippen LogP contribution in [0.4, 0.5) is 5.69 Å². The Morgan fingerprint density at radius 1 is 0.971 bits per heavy atom. The van der Waals surface area contributed by atoms with Crippen LogP contribution in [0.5, 0.6) is 0 Å². The van der Waals surface area contributed by atoms with Crippen LogP contribution in [0.3, 0.4) is 0 Å². The standard InChI is InChI=1S/C29H31N3O2/c1-6-31(7-2)21-15-16-23(19(4)18-21)29(24-13-11-17-30-27(24)28(33)34-29)26-20(5)32(8-3)25-14-10-9-12-22(25)26/h9-18H,6-8H2,1-5H3. The number of rotatable bonds is 6. The van der Waals surface area contributed by atoms with E-state index in [1.165, 1.54) is 5.69 Å². The predicted molar refractivity (Wildman–Crippen MR) is 137 cm³/mol. The molecule has 2 aromatic heterocycles. The molecule has 5 heteroatoms. The van der Waals surface area contributed by atoms with Crippen molar-refractivity contribution in [1.82, 2.24) is 9.55 Å². The van der Waals surface area contributed by atoms with E-state index in [1.54, 1.807) is 6.20 Å². The number of cyclic esters (lactones) is 1. The molecule has 0 N–H and O–H groups in total. The van der Waals surface area contributed by atoms with Crippen molar-refractivity contribution < 1.29 is 9.53 Å². The second-order valence-corrected chi connectivity index (χ2v) is 8.86. The fourth-order valence-electron chi connectivity index (χ4n) is 5.73. The Balaban J connectivity index is 1.88. The van der Waals surface area contributed by atoms with Crippen molar-refractivity contribution in [3.05, 3.63) is 94.4 Å². The van der Waals surface area contributed by atoms with Gasteiger partial charge in [-0.25, -0.2) is 9.78 Å².